The maximum absolute atomic E-state index is 5.74. The van der Waals surface area contributed by atoms with E-state index in [0.717, 1.165) is 44.3 Å². The van der Waals surface area contributed by atoms with Crippen LogP contribution in [0.1, 0.15) is 37.4 Å². The number of nitrogens with two attached hydrogens (primary N) is 1. The first-order valence-corrected chi connectivity index (χ1v) is 7.56. The Labute approximate surface area is 115 Å². The van der Waals surface area contributed by atoms with E-state index in [0.29, 0.717) is 5.92 Å². The number of rotatable bonds is 2. The van der Waals surface area contributed by atoms with Gasteiger partial charge in [0.15, 0.2) is 0 Å². The van der Waals surface area contributed by atoms with E-state index in [9.17, 15) is 0 Å². The molecule has 0 saturated carbocycles. The lowest BCUT2D eigenvalue weighted by atomic mass is 9.89. The van der Waals surface area contributed by atoms with Crippen LogP contribution in [0.25, 0.3) is 0 Å². The fraction of sp³-hybridized carbons (Fsp3) is 0.733. The first-order valence-electron chi connectivity index (χ1n) is 7.56. The van der Waals surface area contributed by atoms with Crippen LogP contribution in [0.3, 0.4) is 0 Å². The van der Waals surface area contributed by atoms with E-state index in [2.05, 4.69) is 23.0 Å². The summed E-state index contributed by atoms with van der Waals surface area (Å²) in [5.41, 5.74) is 8.38. The maximum atomic E-state index is 5.74. The Morgan fingerprint density at radius 2 is 2.11 bits per heavy atom. The normalized spacial score (nSPS) is 24.3. The van der Waals surface area contributed by atoms with Crippen LogP contribution in [0.2, 0.25) is 0 Å². The first-order chi connectivity index (χ1) is 9.26. The Kier molecular flexibility index (Phi) is 3.69. The number of hydrogen-bond acceptors (Lipinski definition) is 4. The largest absolute Gasteiger partial charge is 0.341 e. The molecule has 1 fully saturated rings. The Morgan fingerprint density at radius 1 is 1.32 bits per heavy atom. The second kappa shape index (κ2) is 5.45. The summed E-state index contributed by atoms with van der Waals surface area (Å²) in [6.07, 6.45) is 7.93. The molecular weight excluding hydrogens is 236 g/mol. The molecule has 104 valence electrons. The van der Waals surface area contributed by atoms with Gasteiger partial charge in [0.05, 0.1) is 0 Å². The Balaban J connectivity index is 1.72. The third kappa shape index (κ3) is 2.73. The monoisotopic (exact) mass is 260 g/mol. The Morgan fingerprint density at radius 3 is 2.84 bits per heavy atom. The van der Waals surface area contributed by atoms with Crippen LogP contribution in [0.4, 0.5) is 5.95 Å². The predicted octanol–water partition coefficient (Wildman–Crippen LogP) is 1.78. The molecule has 4 heteroatoms. The van der Waals surface area contributed by atoms with Gasteiger partial charge in [0.1, 0.15) is 0 Å². The number of aryl methyl sites for hydroxylation is 1. The molecule has 2 aliphatic rings. The van der Waals surface area contributed by atoms with Gasteiger partial charge >= 0.3 is 0 Å². The van der Waals surface area contributed by atoms with E-state index in [4.69, 9.17) is 10.7 Å². The number of anilines is 1. The van der Waals surface area contributed by atoms with Gasteiger partial charge in [-0.15, -0.1) is 0 Å². The van der Waals surface area contributed by atoms with Gasteiger partial charge < -0.3 is 10.6 Å². The van der Waals surface area contributed by atoms with Crippen molar-refractivity contribution in [2.75, 3.05) is 24.5 Å². The van der Waals surface area contributed by atoms with Crippen molar-refractivity contribution in [3.63, 3.8) is 0 Å². The zero-order chi connectivity index (χ0) is 13.2. The summed E-state index contributed by atoms with van der Waals surface area (Å²) in [4.78, 5) is 11.7. The molecule has 4 nitrogen and oxygen atoms in total. The molecular formula is C15H24N4. The summed E-state index contributed by atoms with van der Waals surface area (Å²) >= 11 is 0. The number of nitrogens with zero attached hydrogens (tertiary/aromatic N) is 3. The van der Waals surface area contributed by atoms with Gasteiger partial charge in [-0.05, 0) is 56.0 Å². The molecule has 1 atom stereocenters. The van der Waals surface area contributed by atoms with Gasteiger partial charge in [-0.2, -0.15) is 0 Å². The smallest absolute Gasteiger partial charge is 0.225 e. The molecule has 1 aromatic rings. The quantitative estimate of drug-likeness (QED) is 0.880. The summed E-state index contributed by atoms with van der Waals surface area (Å²) in [5, 5.41) is 0. The van der Waals surface area contributed by atoms with Crippen LogP contribution < -0.4 is 10.6 Å². The number of piperidine rings is 1. The van der Waals surface area contributed by atoms with E-state index in [-0.39, 0.29) is 0 Å². The zero-order valence-corrected chi connectivity index (χ0v) is 11.8. The van der Waals surface area contributed by atoms with Crippen LogP contribution in [0, 0.1) is 11.8 Å². The molecule has 0 bridgehead atoms. The average Bonchev–Trinajstić information content (AvgIpc) is 2.47. The minimum absolute atomic E-state index is 0.690. The molecule has 2 heterocycles. The summed E-state index contributed by atoms with van der Waals surface area (Å²) in [6.45, 7) is 5.24. The lowest BCUT2D eigenvalue weighted by molar-refractivity contribution is 0.410. The molecule has 0 spiro atoms. The van der Waals surface area contributed by atoms with Gasteiger partial charge in [0.25, 0.3) is 0 Å². The molecule has 1 aliphatic carbocycles. The summed E-state index contributed by atoms with van der Waals surface area (Å²) in [6, 6.07) is 0. The van der Waals surface area contributed by atoms with Crippen molar-refractivity contribution in [2.45, 2.75) is 39.0 Å². The highest BCUT2D eigenvalue weighted by Gasteiger charge is 2.22. The lowest BCUT2D eigenvalue weighted by Crippen LogP contribution is -2.37. The zero-order valence-electron chi connectivity index (χ0n) is 11.8. The minimum Gasteiger partial charge on any atom is -0.341 e. The van der Waals surface area contributed by atoms with Gasteiger partial charge in [-0.1, -0.05) is 6.92 Å². The lowest BCUT2D eigenvalue weighted by Gasteiger charge is -2.32. The van der Waals surface area contributed by atoms with Crippen LogP contribution in [-0.2, 0) is 12.8 Å². The van der Waals surface area contributed by atoms with Crippen LogP contribution in [0.15, 0.2) is 6.20 Å². The van der Waals surface area contributed by atoms with Crippen LogP contribution in [0.5, 0.6) is 0 Å². The third-order valence-electron chi connectivity index (χ3n) is 4.61. The van der Waals surface area contributed by atoms with Gasteiger partial charge in [-0.25, -0.2) is 9.97 Å². The van der Waals surface area contributed by atoms with Gasteiger partial charge in [0, 0.05) is 25.0 Å². The highest BCUT2D eigenvalue weighted by atomic mass is 15.3. The standard InChI is InChI=1S/C15H24N4/c1-11-2-3-14-13(8-11)10-17-15(18-14)19-6-4-12(9-16)5-7-19/h10-12H,2-9,16H2,1H3. The highest BCUT2D eigenvalue weighted by Crippen LogP contribution is 2.26. The molecule has 1 aliphatic heterocycles. The van der Waals surface area contributed by atoms with Crippen molar-refractivity contribution in [3.05, 3.63) is 17.5 Å². The van der Waals surface area contributed by atoms with E-state index in [1.807, 2.05) is 0 Å². The van der Waals surface area contributed by atoms with Crippen molar-refractivity contribution < 1.29 is 0 Å². The van der Waals surface area contributed by atoms with Crippen molar-refractivity contribution >= 4 is 5.95 Å². The fourth-order valence-corrected chi connectivity index (χ4v) is 3.20. The minimum atomic E-state index is 0.690. The fourth-order valence-electron chi connectivity index (χ4n) is 3.20. The maximum Gasteiger partial charge on any atom is 0.225 e. The first kappa shape index (κ1) is 12.9. The van der Waals surface area contributed by atoms with Crippen molar-refractivity contribution in [2.24, 2.45) is 17.6 Å². The molecule has 2 N–H and O–H groups in total. The molecule has 0 amide bonds. The van der Waals surface area contributed by atoms with Crippen molar-refractivity contribution in [1.82, 2.24) is 9.97 Å². The van der Waals surface area contributed by atoms with Crippen LogP contribution in [-0.4, -0.2) is 29.6 Å². The Hall–Kier alpha value is -1.16. The molecule has 1 unspecified atom stereocenters. The van der Waals surface area contributed by atoms with Crippen molar-refractivity contribution in [1.29, 1.82) is 0 Å². The predicted molar refractivity (Wildman–Crippen MR) is 77.2 cm³/mol. The second-order valence-electron chi connectivity index (χ2n) is 6.16. The van der Waals surface area contributed by atoms with Crippen molar-refractivity contribution in [3.8, 4) is 0 Å². The van der Waals surface area contributed by atoms with Gasteiger partial charge in [0.2, 0.25) is 5.95 Å². The van der Waals surface area contributed by atoms with Gasteiger partial charge in [-0.3, -0.25) is 0 Å². The summed E-state index contributed by atoms with van der Waals surface area (Å²) in [7, 11) is 0. The third-order valence-corrected chi connectivity index (χ3v) is 4.61. The number of aromatic nitrogens is 2. The van der Waals surface area contributed by atoms with E-state index in [1.54, 1.807) is 0 Å². The summed E-state index contributed by atoms with van der Waals surface area (Å²) in [5.74, 6) is 2.40. The SMILES string of the molecule is CC1CCc2nc(N3CCC(CN)CC3)ncc2C1. The molecule has 0 aromatic carbocycles. The van der Waals surface area contributed by atoms with E-state index < -0.39 is 0 Å². The second-order valence-corrected chi connectivity index (χ2v) is 6.16. The number of fused-ring (bicyclic) bond motifs is 1. The number of hydrogen-bond donors (Lipinski definition) is 1. The van der Waals surface area contributed by atoms with Crippen LogP contribution >= 0.6 is 0 Å². The van der Waals surface area contributed by atoms with E-state index in [1.165, 1.54) is 30.5 Å². The topological polar surface area (TPSA) is 55.0 Å². The summed E-state index contributed by atoms with van der Waals surface area (Å²) < 4.78 is 0. The molecule has 3 rings (SSSR count). The van der Waals surface area contributed by atoms with E-state index >= 15 is 0 Å². The Bertz CT molecular complexity index is 438. The average molecular weight is 260 g/mol. The highest BCUT2D eigenvalue weighted by molar-refractivity contribution is 5.34. The molecule has 0 radical (unpaired) electrons. The molecule has 1 aromatic heterocycles. The molecule has 19 heavy (non-hydrogen) atoms. The molecule has 1 saturated heterocycles.